The maximum absolute atomic E-state index is 6.42. The van der Waals surface area contributed by atoms with Crippen LogP contribution in [0, 0.1) is 23.7 Å². The van der Waals surface area contributed by atoms with Crippen molar-refractivity contribution in [1.29, 1.82) is 0 Å². The van der Waals surface area contributed by atoms with Crippen LogP contribution in [0.3, 0.4) is 0 Å². The number of nitrogens with zero attached hydrogens (tertiary/aromatic N) is 1. The Kier molecular flexibility index (Phi) is 9.60. The molecule has 2 fully saturated rings. The molecule has 0 amide bonds. The van der Waals surface area contributed by atoms with E-state index in [1.54, 1.807) is 11.1 Å². The smallest absolute Gasteiger partial charge is 0.136 e. The first-order chi connectivity index (χ1) is 37.7. The lowest BCUT2D eigenvalue weighted by Gasteiger charge is -2.61. The lowest BCUT2D eigenvalue weighted by molar-refractivity contribution is 0.0238. The third-order valence-electron chi connectivity index (χ3n) is 19.8. The fourth-order valence-electron chi connectivity index (χ4n) is 16.9. The molecule has 0 aliphatic heterocycles. The number of hydrogen-bond acceptors (Lipinski definition) is 2. The van der Waals surface area contributed by atoms with Gasteiger partial charge >= 0.3 is 0 Å². The fraction of sp³-hybridized carbons (Fsp3) is 0.200. The van der Waals surface area contributed by atoms with Gasteiger partial charge in [-0.1, -0.05) is 204 Å². The van der Waals surface area contributed by atoms with Crippen LogP contribution < -0.4 is 4.90 Å². The topological polar surface area (TPSA) is 16.4 Å². The molecule has 5 aliphatic carbocycles. The molecule has 11 aromatic rings. The van der Waals surface area contributed by atoms with Gasteiger partial charge in [0.05, 0.1) is 5.41 Å². The Hall–Kier alpha value is -8.20. The van der Waals surface area contributed by atoms with Crippen molar-refractivity contribution in [2.45, 2.75) is 69.6 Å². The van der Waals surface area contributed by atoms with E-state index in [1.165, 1.54) is 115 Å². The molecule has 1 heterocycles. The van der Waals surface area contributed by atoms with Crippen LogP contribution in [0.1, 0.15) is 97.9 Å². The van der Waals surface area contributed by atoms with Gasteiger partial charge in [-0.05, 0) is 187 Å². The Morgan fingerprint density at radius 1 is 0.364 bits per heavy atom. The molecular weight excluding hydrogens is 931 g/mol. The summed E-state index contributed by atoms with van der Waals surface area (Å²) in [6.45, 7) is 9.89. The van der Waals surface area contributed by atoms with Crippen LogP contribution in [-0.4, -0.2) is 0 Å². The minimum atomic E-state index is -0.456. The van der Waals surface area contributed by atoms with E-state index in [2.05, 4.69) is 257 Å². The number of fused-ring (bicyclic) bond motifs is 15. The summed E-state index contributed by atoms with van der Waals surface area (Å²) in [7, 11) is 0. The zero-order valence-electron chi connectivity index (χ0n) is 44.4. The van der Waals surface area contributed by atoms with Gasteiger partial charge in [-0.15, -0.1) is 0 Å². The first kappa shape index (κ1) is 45.0. The van der Waals surface area contributed by atoms with Crippen molar-refractivity contribution in [3.63, 3.8) is 0 Å². The summed E-state index contributed by atoms with van der Waals surface area (Å²) < 4.78 is 6.42. The molecule has 0 atom stereocenters. The molecule has 2 saturated carbocycles. The predicted molar refractivity (Wildman–Crippen MR) is 319 cm³/mol. The van der Waals surface area contributed by atoms with Gasteiger partial charge in [0.2, 0.25) is 0 Å². The molecule has 0 N–H and O–H groups in total. The minimum Gasteiger partial charge on any atom is -0.456 e. The summed E-state index contributed by atoms with van der Waals surface area (Å²) in [4.78, 5) is 2.59. The van der Waals surface area contributed by atoms with Crippen LogP contribution in [0.15, 0.2) is 229 Å². The highest BCUT2D eigenvalue weighted by atomic mass is 16.3. The maximum Gasteiger partial charge on any atom is 0.136 e. The molecule has 77 heavy (non-hydrogen) atoms. The molecule has 0 radical (unpaired) electrons. The molecular formula is C75H61NO. The molecule has 16 rings (SSSR count). The second kappa shape index (κ2) is 16.4. The van der Waals surface area contributed by atoms with E-state index in [0.29, 0.717) is 23.7 Å². The SMILES string of the molecule is CC1(C)c2ccccc2-c2ccc(N(c3ccc(-c4ccccc4-c4cccc5oc6ccccc6c45)cc3)c3ccc4c(c3)C3(c5ccccc5C45c4ccccc4-c4ccccc45)[C@H]4C[C@@H](C)C[C@@H]3C[C@@H](C)C4)cc21. The highest BCUT2D eigenvalue weighted by Gasteiger charge is 2.62. The molecule has 2 spiro atoms. The van der Waals surface area contributed by atoms with Crippen LogP contribution in [0.25, 0.3) is 66.4 Å². The predicted octanol–water partition coefficient (Wildman–Crippen LogP) is 19.8. The highest BCUT2D eigenvalue weighted by molar-refractivity contribution is 6.13. The fourth-order valence-corrected chi connectivity index (χ4v) is 16.9. The Morgan fingerprint density at radius 3 is 1.51 bits per heavy atom. The van der Waals surface area contributed by atoms with E-state index in [9.17, 15) is 0 Å². The Bertz CT molecular complexity index is 4150. The largest absolute Gasteiger partial charge is 0.456 e. The molecule has 2 nitrogen and oxygen atoms in total. The molecule has 0 saturated heterocycles. The average Bonchev–Trinajstić information content (AvgIpc) is 4.25. The summed E-state index contributed by atoms with van der Waals surface area (Å²) in [5, 5.41) is 2.30. The van der Waals surface area contributed by atoms with Crippen LogP contribution >= 0.6 is 0 Å². The van der Waals surface area contributed by atoms with Crippen molar-refractivity contribution < 1.29 is 4.42 Å². The van der Waals surface area contributed by atoms with E-state index in [4.69, 9.17) is 4.42 Å². The third kappa shape index (κ3) is 6.08. The summed E-state index contributed by atoms with van der Waals surface area (Å²) in [6.07, 6.45) is 4.99. The molecule has 10 aromatic carbocycles. The van der Waals surface area contributed by atoms with Gasteiger partial charge in [-0.2, -0.15) is 0 Å². The van der Waals surface area contributed by atoms with Crippen molar-refractivity contribution >= 4 is 39.0 Å². The number of benzene rings is 10. The summed E-state index contributed by atoms with van der Waals surface area (Å²) in [6, 6.07) is 85.9. The maximum atomic E-state index is 6.42. The molecule has 2 bridgehead atoms. The first-order valence-electron chi connectivity index (χ1n) is 28.3. The zero-order chi connectivity index (χ0) is 51.4. The lowest BCUT2D eigenvalue weighted by atomic mass is 9.41. The summed E-state index contributed by atoms with van der Waals surface area (Å²) >= 11 is 0. The van der Waals surface area contributed by atoms with Gasteiger partial charge in [-0.3, -0.25) is 0 Å². The van der Waals surface area contributed by atoms with Crippen molar-refractivity contribution in [3.8, 4) is 44.5 Å². The number of rotatable bonds is 5. The Morgan fingerprint density at radius 2 is 0.831 bits per heavy atom. The molecule has 0 unspecified atom stereocenters. The van der Waals surface area contributed by atoms with E-state index < -0.39 is 5.41 Å². The quantitative estimate of drug-likeness (QED) is 0.171. The van der Waals surface area contributed by atoms with Crippen molar-refractivity contribution in [1.82, 2.24) is 0 Å². The van der Waals surface area contributed by atoms with Gasteiger partial charge in [-0.25, -0.2) is 0 Å². The molecule has 2 heteroatoms. The van der Waals surface area contributed by atoms with Gasteiger partial charge in [0.1, 0.15) is 11.2 Å². The third-order valence-corrected chi connectivity index (χ3v) is 19.8. The van der Waals surface area contributed by atoms with Crippen molar-refractivity contribution in [2.24, 2.45) is 23.7 Å². The second-order valence-corrected chi connectivity index (χ2v) is 24.1. The molecule has 372 valence electrons. The Balaban J connectivity index is 0.933. The standard InChI is InChI=1S/C75H61NO/c1-46-40-49-42-47(2)43-50(41-46)74(49)65-28-14-15-29-66(65)75(63-26-12-8-21-57(63)58-22-9-13-27-64(58)75)67-39-37-53(45-69(67)74)76(52-36-38-59-56-20-7-11-25-62(56)73(3,4)68(59)44-52)51-34-32-48(33-35-51)54-18-5-6-19-55(54)60-24-17-31-71-72(60)61-23-10-16-30-70(61)77-71/h5-39,44-47,49-50H,40-43H2,1-4H3/t46-,47+,49+,50-,74?. The van der Waals surface area contributed by atoms with Crippen LogP contribution in [0.4, 0.5) is 17.1 Å². The Labute approximate surface area is 452 Å². The zero-order valence-corrected chi connectivity index (χ0v) is 44.4. The number of anilines is 3. The lowest BCUT2D eigenvalue weighted by Crippen LogP contribution is -2.56. The van der Waals surface area contributed by atoms with Crippen molar-refractivity contribution in [3.05, 3.63) is 269 Å². The monoisotopic (exact) mass is 991 g/mol. The van der Waals surface area contributed by atoms with Crippen LogP contribution in [0.2, 0.25) is 0 Å². The summed E-state index contributed by atoms with van der Waals surface area (Å²) in [5.74, 6) is 2.43. The van der Waals surface area contributed by atoms with Gasteiger partial charge in [0.25, 0.3) is 0 Å². The van der Waals surface area contributed by atoms with E-state index >= 15 is 0 Å². The average molecular weight is 992 g/mol. The molecule has 5 aliphatic rings. The van der Waals surface area contributed by atoms with Crippen molar-refractivity contribution in [2.75, 3.05) is 4.90 Å². The number of hydrogen-bond donors (Lipinski definition) is 0. The number of furan rings is 1. The van der Waals surface area contributed by atoms with Gasteiger partial charge < -0.3 is 9.32 Å². The van der Waals surface area contributed by atoms with Crippen LogP contribution in [-0.2, 0) is 16.2 Å². The van der Waals surface area contributed by atoms with E-state index in [0.717, 1.165) is 27.6 Å². The second-order valence-electron chi connectivity index (χ2n) is 24.1. The normalized spacial score (nSPS) is 21.6. The number of para-hydroxylation sites is 1. The highest BCUT2D eigenvalue weighted by Crippen LogP contribution is 2.70. The van der Waals surface area contributed by atoms with Crippen LogP contribution in [0.5, 0.6) is 0 Å². The van der Waals surface area contributed by atoms with Gasteiger partial charge in [0.15, 0.2) is 0 Å². The minimum absolute atomic E-state index is 0.136. The van der Waals surface area contributed by atoms with E-state index in [1.807, 2.05) is 0 Å². The van der Waals surface area contributed by atoms with E-state index in [-0.39, 0.29) is 10.8 Å². The first-order valence-corrected chi connectivity index (χ1v) is 28.3. The summed E-state index contributed by atoms with van der Waals surface area (Å²) in [5.41, 5.74) is 26.4. The molecule has 1 aromatic heterocycles. The van der Waals surface area contributed by atoms with Gasteiger partial charge in [0, 0.05) is 38.7 Å².